The molecule has 0 atom stereocenters. The van der Waals surface area contributed by atoms with E-state index < -0.39 is 46.6 Å². The van der Waals surface area contributed by atoms with Crippen LogP contribution >= 0.6 is 0 Å². The second kappa shape index (κ2) is 15.2. The average Bonchev–Trinajstić information content (AvgIpc) is 2.96. The zero-order valence-electron chi connectivity index (χ0n) is 21.5. The zero-order chi connectivity index (χ0) is 32.1. The lowest BCUT2D eigenvalue weighted by Gasteiger charge is -1.99. The van der Waals surface area contributed by atoms with Crippen molar-refractivity contribution < 1.29 is 43.8 Å². The van der Waals surface area contributed by atoms with Crippen molar-refractivity contribution in [3.8, 4) is 17.2 Å². The van der Waals surface area contributed by atoms with Gasteiger partial charge in [0.15, 0.2) is 17.2 Å². The lowest BCUT2D eigenvalue weighted by molar-refractivity contribution is -0.395. The molecule has 0 saturated carbocycles. The minimum absolute atomic E-state index is 0.000556. The highest BCUT2D eigenvalue weighted by atomic mass is 16.9. The predicted octanol–water partition coefficient (Wildman–Crippen LogP) is 4.53. The molecular weight excluding hydrogens is 584 g/mol. The Hall–Kier alpha value is -6.54. The predicted molar refractivity (Wildman–Crippen MR) is 139 cm³/mol. The van der Waals surface area contributed by atoms with Crippen LogP contribution in [0.5, 0.6) is 17.2 Å². The lowest BCUT2D eigenvalue weighted by atomic mass is 10.2. The molecule has 3 aromatic carbocycles. The normalized spacial score (nSPS) is 9.50. The van der Waals surface area contributed by atoms with Gasteiger partial charge in [-0.05, 0) is 18.2 Å². The van der Waals surface area contributed by atoms with E-state index in [1.165, 1.54) is 39.5 Å². The molecule has 0 heterocycles. The molecular formula is C21H18N6O15. The molecule has 3 rings (SSSR count). The van der Waals surface area contributed by atoms with E-state index in [1.54, 1.807) is 0 Å². The highest BCUT2D eigenvalue weighted by molar-refractivity contribution is 5.54. The molecule has 0 aromatic heterocycles. The van der Waals surface area contributed by atoms with Crippen LogP contribution in [0, 0.1) is 60.7 Å². The van der Waals surface area contributed by atoms with Gasteiger partial charge in [-0.25, -0.2) is 0 Å². The van der Waals surface area contributed by atoms with Crippen LogP contribution in [-0.4, -0.2) is 50.9 Å². The van der Waals surface area contributed by atoms with Crippen LogP contribution in [0.2, 0.25) is 0 Å². The average molecular weight is 602 g/mol. The Morgan fingerprint density at radius 2 is 0.619 bits per heavy atom. The van der Waals surface area contributed by atoms with Gasteiger partial charge in [0, 0.05) is 18.2 Å². The quantitative estimate of drug-likeness (QED) is 0.184. The molecule has 0 saturated heterocycles. The number of rotatable bonds is 9. The maximum atomic E-state index is 10.5. The molecule has 0 aliphatic carbocycles. The molecule has 21 nitrogen and oxygen atoms in total. The number of methoxy groups -OCH3 is 3. The van der Waals surface area contributed by atoms with E-state index >= 15 is 0 Å². The van der Waals surface area contributed by atoms with Crippen LogP contribution < -0.4 is 14.2 Å². The monoisotopic (exact) mass is 602 g/mol. The summed E-state index contributed by atoms with van der Waals surface area (Å²) in [5.74, 6) is 0.00167. The van der Waals surface area contributed by atoms with E-state index in [9.17, 15) is 60.7 Å². The summed E-state index contributed by atoms with van der Waals surface area (Å²) in [5, 5.41) is 62.3. The number of ether oxygens (including phenoxy) is 3. The first-order valence-corrected chi connectivity index (χ1v) is 10.6. The topological polar surface area (TPSA) is 287 Å². The van der Waals surface area contributed by atoms with E-state index in [-0.39, 0.29) is 34.3 Å². The molecule has 0 N–H and O–H groups in total. The first-order chi connectivity index (χ1) is 19.7. The van der Waals surface area contributed by atoms with Crippen LogP contribution in [-0.2, 0) is 0 Å². The fraction of sp³-hybridized carbons (Fsp3) is 0.143. The molecule has 0 bridgehead atoms. The van der Waals surface area contributed by atoms with E-state index in [1.807, 2.05) is 0 Å². The fourth-order valence-corrected chi connectivity index (χ4v) is 2.80. The Kier molecular flexibility index (Phi) is 12.1. The van der Waals surface area contributed by atoms with Crippen LogP contribution in [0.1, 0.15) is 0 Å². The van der Waals surface area contributed by atoms with Gasteiger partial charge in [0.05, 0.1) is 69.1 Å². The van der Waals surface area contributed by atoms with Gasteiger partial charge in [0.25, 0.3) is 17.1 Å². The fourth-order valence-electron chi connectivity index (χ4n) is 2.80. The van der Waals surface area contributed by atoms with Crippen LogP contribution in [0.4, 0.5) is 34.1 Å². The van der Waals surface area contributed by atoms with Gasteiger partial charge in [0.2, 0.25) is 0 Å². The first kappa shape index (κ1) is 33.5. The van der Waals surface area contributed by atoms with Gasteiger partial charge in [-0.15, -0.1) is 0 Å². The summed E-state index contributed by atoms with van der Waals surface area (Å²) < 4.78 is 14.0. The Balaban J connectivity index is 0.000000315. The Bertz CT molecular complexity index is 1350. The summed E-state index contributed by atoms with van der Waals surface area (Å²) in [6, 6.07) is 9.59. The number of nitro groups is 6. The van der Waals surface area contributed by atoms with Crippen molar-refractivity contribution in [3.05, 3.63) is 115 Å². The van der Waals surface area contributed by atoms with Crippen molar-refractivity contribution in [1.29, 1.82) is 0 Å². The van der Waals surface area contributed by atoms with Crippen molar-refractivity contribution in [2.24, 2.45) is 0 Å². The summed E-state index contributed by atoms with van der Waals surface area (Å²) >= 11 is 0. The smallest absolute Gasteiger partial charge is 0.317 e. The van der Waals surface area contributed by atoms with Crippen LogP contribution in [0.3, 0.4) is 0 Å². The second-order valence-electron chi connectivity index (χ2n) is 7.11. The van der Waals surface area contributed by atoms with Gasteiger partial charge in [-0.2, -0.15) is 0 Å². The molecule has 0 radical (unpaired) electrons. The number of hydrogen-bond donors (Lipinski definition) is 0. The highest BCUT2D eigenvalue weighted by Crippen LogP contribution is 2.32. The van der Waals surface area contributed by atoms with Crippen LogP contribution in [0.25, 0.3) is 0 Å². The number of non-ortho nitro benzene ring substituents is 3. The summed E-state index contributed by atoms with van der Waals surface area (Å²) in [6.07, 6.45) is 0. The summed E-state index contributed by atoms with van der Waals surface area (Å²) in [6.45, 7) is 0. The van der Waals surface area contributed by atoms with Crippen LogP contribution in [0.15, 0.2) is 54.6 Å². The number of hydrogen-bond acceptors (Lipinski definition) is 15. The second-order valence-corrected chi connectivity index (χ2v) is 7.11. The number of benzene rings is 3. The molecule has 42 heavy (non-hydrogen) atoms. The first-order valence-electron chi connectivity index (χ1n) is 10.6. The SMILES string of the molecule is CO[13c]1[13cH][13cH][13c]([N+](=O)[O-])[13cH][13c]1[N+](=O)[O-].COc1ccc([15N+](=O)[O-])cc1[15N+](=O)[O-].COc1ccc([N+](=O)[O-])cc1[N+](=O)[O-]. The van der Waals surface area contributed by atoms with Crippen molar-refractivity contribution in [2.75, 3.05) is 21.3 Å². The number of nitro benzene ring substituents is 6. The third kappa shape index (κ3) is 9.04. The summed E-state index contributed by atoms with van der Waals surface area (Å²) in [5.41, 5.74) is -2.25. The van der Waals surface area contributed by atoms with E-state index in [0.717, 1.165) is 36.4 Å². The van der Waals surface area contributed by atoms with E-state index in [0.29, 0.717) is 0 Å². The molecule has 0 aliphatic rings. The molecule has 0 unspecified atom stereocenters. The van der Waals surface area contributed by atoms with Crippen molar-refractivity contribution >= 4 is 34.1 Å². The van der Waals surface area contributed by atoms with Crippen molar-refractivity contribution in [3.63, 3.8) is 0 Å². The van der Waals surface area contributed by atoms with E-state index in [2.05, 4.69) is 14.2 Å². The van der Waals surface area contributed by atoms with Crippen molar-refractivity contribution in [2.45, 2.75) is 0 Å². The van der Waals surface area contributed by atoms with Crippen molar-refractivity contribution in [1.82, 2.24) is 0 Å². The largest absolute Gasteiger partial charge is 0.490 e. The highest BCUT2D eigenvalue weighted by Gasteiger charge is 2.21. The molecule has 3 aromatic rings. The van der Waals surface area contributed by atoms with E-state index in [4.69, 9.17) is 0 Å². The Labute approximate surface area is 232 Å². The maximum Gasteiger partial charge on any atom is 0.317 e. The summed E-state index contributed by atoms with van der Waals surface area (Å²) in [4.78, 5) is 58.0. The maximum absolute atomic E-state index is 10.5. The molecule has 0 amide bonds. The molecule has 0 spiro atoms. The third-order valence-corrected chi connectivity index (χ3v) is 4.71. The summed E-state index contributed by atoms with van der Waals surface area (Å²) in [7, 11) is 3.77. The van der Waals surface area contributed by atoms with Gasteiger partial charge < -0.3 is 14.2 Å². The zero-order valence-corrected chi connectivity index (χ0v) is 21.5. The minimum atomic E-state index is -0.730. The standard InChI is InChI=1S/3C7H6N2O5/c3*1-14-7-3-2-5(8(10)11)4-6(7)9(12)13/h3*2-4H,1H3/i2+1,3+1,4+1,5+1,6+1,7+1;8+1,9+1;. The minimum Gasteiger partial charge on any atom is -0.490 e. The molecule has 21 heteroatoms. The van der Waals surface area contributed by atoms with Gasteiger partial charge >= 0.3 is 17.1 Å². The molecule has 222 valence electrons. The molecule has 0 fully saturated rings. The van der Waals surface area contributed by atoms with Gasteiger partial charge in [0.1, 0.15) is 0 Å². The Morgan fingerprint density at radius 3 is 0.762 bits per heavy atom. The molecule has 0 aliphatic heterocycles. The van der Waals surface area contributed by atoms with Gasteiger partial charge in [-0.1, -0.05) is 0 Å². The number of nitrogens with zero attached hydrogens (tertiary/aromatic N) is 6. The third-order valence-electron chi connectivity index (χ3n) is 4.71. The lowest BCUT2D eigenvalue weighted by Crippen LogP contribution is -1.95. The Morgan fingerprint density at radius 1 is 0.405 bits per heavy atom. The van der Waals surface area contributed by atoms with Gasteiger partial charge in [-0.3, -0.25) is 60.7 Å².